The second-order valence-corrected chi connectivity index (χ2v) is 6.09. The largest absolute Gasteiger partial charge is 0.303 e. The lowest BCUT2D eigenvalue weighted by Crippen LogP contribution is -2.07. The van der Waals surface area contributed by atoms with E-state index in [0.717, 1.165) is 5.56 Å². The van der Waals surface area contributed by atoms with E-state index in [-0.39, 0.29) is 5.78 Å². The molecule has 0 aliphatic carbocycles. The Kier molecular flexibility index (Phi) is 5.49. The third-order valence-corrected chi connectivity index (χ3v) is 4.11. The maximum Gasteiger partial charge on any atom is 0.209 e. The van der Waals surface area contributed by atoms with Crippen molar-refractivity contribution in [2.75, 3.05) is 0 Å². The third kappa shape index (κ3) is 4.27. The SMILES string of the molecule is O=C(/C(=C/C=C/c1ccc(Cl)cc1Cl)n1ccnc1)c1ccccc1. The van der Waals surface area contributed by atoms with Gasteiger partial charge >= 0.3 is 0 Å². The van der Waals surface area contributed by atoms with Crippen LogP contribution in [0.15, 0.2) is 79.4 Å². The van der Waals surface area contributed by atoms with Crippen molar-refractivity contribution in [3.05, 3.63) is 101 Å². The van der Waals surface area contributed by atoms with Crippen LogP contribution in [0.5, 0.6) is 0 Å². The van der Waals surface area contributed by atoms with Crippen LogP contribution < -0.4 is 0 Å². The Bertz CT molecular complexity index is 930. The fourth-order valence-electron chi connectivity index (χ4n) is 2.30. The van der Waals surface area contributed by atoms with E-state index in [9.17, 15) is 4.79 Å². The van der Waals surface area contributed by atoms with Crippen LogP contribution in [0, 0.1) is 0 Å². The van der Waals surface area contributed by atoms with Crippen molar-refractivity contribution >= 4 is 40.8 Å². The van der Waals surface area contributed by atoms with Crippen LogP contribution in [0.4, 0.5) is 0 Å². The van der Waals surface area contributed by atoms with Crippen molar-refractivity contribution in [3.8, 4) is 0 Å². The van der Waals surface area contributed by atoms with Gasteiger partial charge in [-0.3, -0.25) is 4.79 Å². The Morgan fingerprint density at radius 2 is 1.88 bits per heavy atom. The van der Waals surface area contributed by atoms with Gasteiger partial charge in [0, 0.05) is 28.0 Å². The molecule has 0 amide bonds. The van der Waals surface area contributed by atoms with Gasteiger partial charge in [0.1, 0.15) is 0 Å². The zero-order chi connectivity index (χ0) is 17.6. The van der Waals surface area contributed by atoms with Gasteiger partial charge in [0.05, 0.1) is 12.0 Å². The molecule has 0 radical (unpaired) electrons. The Labute approximate surface area is 155 Å². The molecule has 3 nitrogen and oxygen atoms in total. The van der Waals surface area contributed by atoms with Crippen molar-refractivity contribution in [1.29, 1.82) is 0 Å². The first-order chi connectivity index (χ1) is 12.1. The van der Waals surface area contributed by atoms with Crippen molar-refractivity contribution in [3.63, 3.8) is 0 Å². The van der Waals surface area contributed by atoms with Crippen LogP contribution in [0.2, 0.25) is 10.0 Å². The highest BCUT2D eigenvalue weighted by atomic mass is 35.5. The number of carbonyl (C=O) groups is 1. The summed E-state index contributed by atoms with van der Waals surface area (Å²) in [6, 6.07) is 14.4. The number of aromatic nitrogens is 2. The molecule has 0 spiro atoms. The molecule has 0 bridgehead atoms. The van der Waals surface area contributed by atoms with Crippen molar-refractivity contribution in [2.45, 2.75) is 0 Å². The van der Waals surface area contributed by atoms with Gasteiger partial charge in [-0.1, -0.05) is 71.8 Å². The van der Waals surface area contributed by atoms with E-state index in [0.29, 0.717) is 21.3 Å². The molecule has 0 fully saturated rings. The Morgan fingerprint density at radius 1 is 1.08 bits per heavy atom. The molecule has 1 heterocycles. The van der Waals surface area contributed by atoms with Crippen molar-refractivity contribution < 1.29 is 4.79 Å². The molecule has 2 aromatic carbocycles. The number of hydrogen-bond donors (Lipinski definition) is 0. The monoisotopic (exact) mass is 368 g/mol. The van der Waals surface area contributed by atoms with E-state index >= 15 is 0 Å². The van der Waals surface area contributed by atoms with Crippen LogP contribution in [0.25, 0.3) is 11.8 Å². The van der Waals surface area contributed by atoms with Gasteiger partial charge in [0.25, 0.3) is 0 Å². The zero-order valence-electron chi connectivity index (χ0n) is 13.1. The molecule has 3 aromatic rings. The van der Waals surface area contributed by atoms with Gasteiger partial charge < -0.3 is 4.57 Å². The molecular formula is C20H14Cl2N2O. The van der Waals surface area contributed by atoms with E-state index < -0.39 is 0 Å². The maximum absolute atomic E-state index is 12.8. The third-order valence-electron chi connectivity index (χ3n) is 3.54. The van der Waals surface area contributed by atoms with Crippen LogP contribution in [0.3, 0.4) is 0 Å². The summed E-state index contributed by atoms with van der Waals surface area (Å²) in [7, 11) is 0. The molecular weight excluding hydrogens is 355 g/mol. The lowest BCUT2D eigenvalue weighted by Gasteiger charge is -2.07. The fourth-order valence-corrected chi connectivity index (χ4v) is 2.77. The number of ketones is 1. The topological polar surface area (TPSA) is 34.9 Å². The van der Waals surface area contributed by atoms with Crippen LogP contribution in [-0.2, 0) is 0 Å². The standard InChI is InChI=1S/C20H14Cl2N2O/c21-17-10-9-15(18(22)13-17)7-4-8-19(24-12-11-23-14-24)20(25)16-5-2-1-3-6-16/h1-14H/b7-4+,19-8-. The number of allylic oxidation sites excluding steroid dienone is 3. The number of halogens is 2. The minimum atomic E-state index is -0.0922. The summed E-state index contributed by atoms with van der Waals surface area (Å²) in [5.74, 6) is -0.0922. The van der Waals surface area contributed by atoms with Gasteiger partial charge in [-0.2, -0.15) is 0 Å². The first kappa shape index (κ1) is 17.2. The quantitative estimate of drug-likeness (QED) is 0.332. The predicted molar refractivity (Wildman–Crippen MR) is 103 cm³/mol. The Hall–Kier alpha value is -2.62. The summed E-state index contributed by atoms with van der Waals surface area (Å²) in [5.41, 5.74) is 1.92. The smallest absolute Gasteiger partial charge is 0.209 e. The molecule has 5 heteroatoms. The summed E-state index contributed by atoms with van der Waals surface area (Å²) in [6.45, 7) is 0. The van der Waals surface area contributed by atoms with Gasteiger partial charge in [-0.15, -0.1) is 0 Å². The number of Topliss-reactive ketones (excluding diaryl/α,β-unsaturated/α-hetero) is 1. The molecule has 0 aliphatic rings. The summed E-state index contributed by atoms with van der Waals surface area (Å²) < 4.78 is 1.68. The number of nitrogens with zero attached hydrogens (tertiary/aromatic N) is 2. The van der Waals surface area contributed by atoms with Crippen LogP contribution in [0.1, 0.15) is 15.9 Å². The number of carbonyl (C=O) groups excluding carboxylic acids is 1. The van der Waals surface area contributed by atoms with Crippen molar-refractivity contribution in [1.82, 2.24) is 9.55 Å². The highest BCUT2D eigenvalue weighted by Gasteiger charge is 2.12. The fraction of sp³-hybridized carbons (Fsp3) is 0. The lowest BCUT2D eigenvalue weighted by atomic mass is 10.1. The number of rotatable bonds is 5. The second-order valence-electron chi connectivity index (χ2n) is 5.24. The first-order valence-corrected chi connectivity index (χ1v) is 8.32. The molecule has 1 aromatic heterocycles. The summed E-state index contributed by atoms with van der Waals surface area (Å²) in [6.07, 6.45) is 10.3. The van der Waals surface area contributed by atoms with Gasteiger partial charge in [0.2, 0.25) is 5.78 Å². The Balaban J connectivity index is 1.93. The van der Waals surface area contributed by atoms with Crippen LogP contribution >= 0.6 is 23.2 Å². The normalized spacial score (nSPS) is 11.8. The van der Waals surface area contributed by atoms with E-state index in [1.54, 1.807) is 59.7 Å². The molecule has 0 saturated heterocycles. The molecule has 3 rings (SSSR count). The molecule has 0 atom stereocenters. The average molecular weight is 369 g/mol. The van der Waals surface area contributed by atoms with Gasteiger partial charge in [-0.05, 0) is 23.8 Å². The minimum Gasteiger partial charge on any atom is -0.303 e. The zero-order valence-corrected chi connectivity index (χ0v) is 14.7. The van der Waals surface area contributed by atoms with Crippen molar-refractivity contribution in [2.24, 2.45) is 0 Å². The number of hydrogen-bond acceptors (Lipinski definition) is 2. The first-order valence-electron chi connectivity index (χ1n) is 7.56. The molecule has 0 saturated carbocycles. The van der Waals surface area contributed by atoms with Gasteiger partial charge in [0.15, 0.2) is 0 Å². The lowest BCUT2D eigenvalue weighted by molar-refractivity contribution is 0.105. The average Bonchev–Trinajstić information content (AvgIpc) is 3.15. The molecule has 25 heavy (non-hydrogen) atoms. The molecule has 0 aliphatic heterocycles. The number of imidazole rings is 1. The van der Waals surface area contributed by atoms with E-state index in [1.165, 1.54) is 0 Å². The van der Waals surface area contributed by atoms with E-state index in [4.69, 9.17) is 23.2 Å². The minimum absolute atomic E-state index is 0.0922. The summed E-state index contributed by atoms with van der Waals surface area (Å²) in [4.78, 5) is 16.8. The van der Waals surface area contributed by atoms with E-state index in [1.807, 2.05) is 30.3 Å². The van der Waals surface area contributed by atoms with E-state index in [2.05, 4.69) is 4.98 Å². The van der Waals surface area contributed by atoms with Crippen LogP contribution in [-0.4, -0.2) is 15.3 Å². The summed E-state index contributed by atoms with van der Waals surface area (Å²) >= 11 is 12.1. The second kappa shape index (κ2) is 7.97. The highest BCUT2D eigenvalue weighted by molar-refractivity contribution is 6.35. The number of benzene rings is 2. The summed E-state index contributed by atoms with van der Waals surface area (Å²) in [5, 5.41) is 1.13. The highest BCUT2D eigenvalue weighted by Crippen LogP contribution is 2.22. The van der Waals surface area contributed by atoms with Gasteiger partial charge in [-0.25, -0.2) is 4.98 Å². The predicted octanol–water partition coefficient (Wildman–Crippen LogP) is 5.63. The Morgan fingerprint density at radius 3 is 2.56 bits per heavy atom. The molecule has 124 valence electrons. The molecule has 0 unspecified atom stereocenters. The maximum atomic E-state index is 12.8. The molecule has 0 N–H and O–H groups in total.